The van der Waals surface area contributed by atoms with E-state index in [-0.39, 0.29) is 29.3 Å². The lowest BCUT2D eigenvalue weighted by molar-refractivity contribution is -0.137. The lowest BCUT2D eigenvalue weighted by Gasteiger charge is -2.09. The average molecular weight is 435 g/mol. The predicted octanol–water partition coefficient (Wildman–Crippen LogP) is 2.06. The molecule has 0 bridgehead atoms. The Hall–Kier alpha value is -3.97. The van der Waals surface area contributed by atoms with E-state index in [4.69, 9.17) is 11.5 Å². The molecule has 2 rings (SSSR count). The van der Waals surface area contributed by atoms with Crippen LogP contribution in [-0.2, 0) is 4.79 Å². The zero-order chi connectivity index (χ0) is 22.1. The smallest absolute Gasteiger partial charge is 0.369 e. The molecule has 0 radical (unpaired) electrons. The Morgan fingerprint density at radius 1 is 1.17 bits per heavy atom. The third kappa shape index (κ3) is 8.37. The number of hydrogen-bond acceptors (Lipinski definition) is 5. The number of nitrogens with zero attached hydrogens (tertiary/aromatic N) is 4. The molecule has 0 fully saturated rings. The Labute approximate surface area is 173 Å². The predicted molar refractivity (Wildman–Crippen MR) is 111 cm³/mol. The van der Waals surface area contributed by atoms with Crippen LogP contribution >= 0.6 is 0 Å². The van der Waals surface area contributed by atoms with Crippen LogP contribution in [0.4, 0.5) is 34.9 Å². The highest BCUT2D eigenvalue weighted by Gasteiger charge is 2.27. The maximum atomic E-state index is 12.9. The van der Waals surface area contributed by atoms with Gasteiger partial charge >= 0.3 is 6.18 Å². The van der Waals surface area contributed by atoms with Crippen molar-refractivity contribution in [1.82, 2.24) is 15.3 Å². The number of aromatic nitrogens is 2. The third-order valence-electron chi connectivity index (χ3n) is 3.15. The molecule has 0 saturated carbocycles. The van der Waals surface area contributed by atoms with Gasteiger partial charge in [-0.3, -0.25) is 4.79 Å². The van der Waals surface area contributed by atoms with Crippen LogP contribution in [0.5, 0.6) is 0 Å². The molecule has 14 heteroatoms. The summed E-state index contributed by atoms with van der Waals surface area (Å²) in [6.07, 6.45) is -3.40. The number of hydrogen-bond donors (Lipinski definition) is 5. The van der Waals surface area contributed by atoms with Crippen LogP contribution in [0.25, 0.3) is 0 Å². The van der Waals surface area contributed by atoms with Crippen molar-refractivity contribution >= 4 is 35.1 Å². The number of nitrogens with two attached hydrogens (primary N) is 2. The normalized spacial score (nSPS) is 12.4. The van der Waals surface area contributed by atoms with Gasteiger partial charge in [0.15, 0.2) is 5.82 Å². The highest BCUT2D eigenvalue weighted by atomic mass is 19.4. The number of aliphatic imine (C=N–C) groups is 2. The Morgan fingerprint density at radius 3 is 2.53 bits per heavy atom. The van der Waals surface area contributed by atoms with E-state index >= 15 is 0 Å². The maximum absolute atomic E-state index is 12.9. The summed E-state index contributed by atoms with van der Waals surface area (Å²) in [5, 5.41) is 6.92. The number of benzene rings is 1. The van der Waals surface area contributed by atoms with Crippen molar-refractivity contribution in [1.29, 1.82) is 0 Å². The summed E-state index contributed by atoms with van der Waals surface area (Å²) in [7, 11) is 0. The molecule has 0 unspecified atom stereocenters. The fraction of sp³-hybridized carbons (Fsp3) is 0.188. The summed E-state index contributed by atoms with van der Waals surface area (Å²) in [5.41, 5.74) is 11.8. The third-order valence-corrected chi connectivity index (χ3v) is 3.15. The van der Waals surface area contributed by atoms with E-state index in [1.54, 1.807) is 5.32 Å². The molecular formula is C16H25F4N9O. The van der Waals surface area contributed by atoms with Crippen molar-refractivity contribution in [2.75, 3.05) is 23.7 Å². The second-order valence-corrected chi connectivity index (χ2v) is 5.61. The van der Waals surface area contributed by atoms with Gasteiger partial charge in [-0.15, -0.1) is 0 Å². The molecule has 1 aromatic heterocycles. The zero-order valence-electron chi connectivity index (χ0n) is 15.2. The van der Waals surface area contributed by atoms with Crippen LogP contribution in [0.1, 0.15) is 5.71 Å². The number of carbonyl (C=O) groups excluding carboxylic acids is 1. The Kier molecular flexibility index (Phi) is 7.44. The summed E-state index contributed by atoms with van der Waals surface area (Å²) >= 11 is 0. The molecule has 0 saturated heterocycles. The lowest BCUT2D eigenvalue weighted by Crippen LogP contribution is -2.37. The first-order valence-corrected chi connectivity index (χ1v) is 8.21. The van der Waals surface area contributed by atoms with Crippen molar-refractivity contribution in [2.24, 2.45) is 21.5 Å². The van der Waals surface area contributed by atoms with Crippen molar-refractivity contribution in [3.8, 4) is 0 Å². The molecule has 0 aliphatic heterocycles. The number of rotatable bonds is 6. The highest BCUT2D eigenvalue weighted by Crippen LogP contribution is 2.13. The first-order valence-electron chi connectivity index (χ1n) is 8.21. The van der Waals surface area contributed by atoms with Crippen molar-refractivity contribution in [3.63, 3.8) is 0 Å². The number of nitrogens with one attached hydrogen (secondary N) is 3. The minimum absolute atomic E-state index is 0. The molecule has 1 heterocycles. The molecular weight excluding hydrogens is 410 g/mol. The van der Waals surface area contributed by atoms with Crippen LogP contribution in [0, 0.1) is 5.82 Å². The van der Waals surface area contributed by atoms with E-state index in [1.807, 2.05) is 0 Å². The fourth-order valence-corrected chi connectivity index (χ4v) is 1.91. The fourth-order valence-electron chi connectivity index (χ4n) is 1.91. The molecule has 10 nitrogen and oxygen atoms in total. The first-order chi connectivity index (χ1) is 14.1. The Morgan fingerprint density at radius 2 is 1.87 bits per heavy atom. The summed E-state index contributed by atoms with van der Waals surface area (Å²) in [5.74, 6) is -1.49. The lowest BCUT2D eigenvalue weighted by atomic mass is 10.3. The average Bonchev–Trinajstić information content (AvgIpc) is 2.66. The molecule has 7 N–H and O–H groups in total. The molecule has 0 aliphatic rings. The van der Waals surface area contributed by atoms with E-state index in [2.05, 4.69) is 30.6 Å². The zero-order valence-corrected chi connectivity index (χ0v) is 15.2. The number of amides is 1. The molecule has 0 spiro atoms. The molecule has 30 heavy (non-hydrogen) atoms. The van der Waals surface area contributed by atoms with Gasteiger partial charge in [0.2, 0.25) is 17.8 Å². The Bertz CT molecular complexity index is 947. The van der Waals surface area contributed by atoms with E-state index in [0.29, 0.717) is 5.69 Å². The Balaban J connectivity index is -0.00000240. The summed E-state index contributed by atoms with van der Waals surface area (Å²) in [6, 6.07) is 6.64. The number of halogens is 4. The van der Waals surface area contributed by atoms with Crippen molar-refractivity contribution in [3.05, 3.63) is 42.5 Å². The number of carbonyl (C=O) groups is 1. The second kappa shape index (κ2) is 9.99. The van der Waals surface area contributed by atoms with E-state index in [0.717, 1.165) is 6.33 Å². The van der Waals surface area contributed by atoms with Gasteiger partial charge in [-0.2, -0.15) is 23.2 Å². The standard InChI is InChI=1S/C16H17F4N9O.4H2/c17-9-1-3-10(4-2-9)27-14(21)29-15(22)28-12-5-11(25-8-26-12)23-6-13(30)24-7-16(18,19)20;;;;/h1-5,8H,6-7H2,(H,24,30)(H6,21,22,23,25,26,27,28,29);4*1H. The van der Waals surface area contributed by atoms with Gasteiger partial charge in [-0.05, 0) is 24.3 Å². The van der Waals surface area contributed by atoms with Crippen LogP contribution in [0.15, 0.2) is 46.6 Å². The van der Waals surface area contributed by atoms with E-state index in [9.17, 15) is 22.4 Å². The topological polar surface area (TPSA) is 156 Å². The van der Waals surface area contributed by atoms with Crippen LogP contribution < -0.4 is 27.4 Å². The first kappa shape index (κ1) is 22.3. The van der Waals surface area contributed by atoms with E-state index < -0.39 is 31.0 Å². The van der Waals surface area contributed by atoms with Gasteiger partial charge in [0.05, 0.1) is 6.54 Å². The van der Waals surface area contributed by atoms with Gasteiger partial charge in [0.1, 0.15) is 24.5 Å². The minimum Gasteiger partial charge on any atom is -0.369 e. The molecule has 2 aromatic rings. The van der Waals surface area contributed by atoms with Gasteiger partial charge in [0, 0.05) is 17.5 Å². The van der Waals surface area contributed by atoms with Crippen molar-refractivity contribution < 1.29 is 28.1 Å². The van der Waals surface area contributed by atoms with E-state index in [1.165, 1.54) is 30.3 Å². The number of anilines is 2. The number of guanidine groups is 2. The maximum Gasteiger partial charge on any atom is 0.405 e. The molecule has 0 atom stereocenters. The summed E-state index contributed by atoms with van der Waals surface area (Å²) < 4.78 is 49.1. The molecule has 1 aromatic carbocycles. The molecule has 0 aliphatic carbocycles. The van der Waals surface area contributed by atoms with Crippen LogP contribution in [-0.4, -0.2) is 47.1 Å². The van der Waals surface area contributed by atoms with Gasteiger partial charge in [-0.25, -0.2) is 14.4 Å². The van der Waals surface area contributed by atoms with Crippen molar-refractivity contribution in [2.45, 2.75) is 6.18 Å². The summed E-state index contributed by atoms with van der Waals surface area (Å²) in [4.78, 5) is 26.7. The largest absolute Gasteiger partial charge is 0.405 e. The quantitative estimate of drug-likeness (QED) is 0.264. The summed E-state index contributed by atoms with van der Waals surface area (Å²) in [6.45, 7) is -1.88. The molecule has 168 valence electrons. The number of alkyl halides is 3. The monoisotopic (exact) mass is 435 g/mol. The van der Waals surface area contributed by atoms with Gasteiger partial charge in [0.25, 0.3) is 0 Å². The minimum atomic E-state index is -4.50. The van der Waals surface area contributed by atoms with Crippen LogP contribution in [0.2, 0.25) is 0 Å². The second-order valence-electron chi connectivity index (χ2n) is 5.61. The SMILES string of the molecule is NC(=Nc1cc(NCC(=O)NCC(F)(F)F)ncn1)N=C(N)Nc1ccc(F)cc1.[HH].[HH].[HH].[HH]. The highest BCUT2D eigenvalue weighted by molar-refractivity contribution is 6.01. The van der Waals surface area contributed by atoms with Crippen LogP contribution in [0.3, 0.4) is 0 Å². The van der Waals surface area contributed by atoms with Gasteiger partial charge in [-0.1, -0.05) is 0 Å². The molecule has 1 amide bonds. The van der Waals surface area contributed by atoms with Gasteiger partial charge < -0.3 is 27.4 Å².